The lowest BCUT2D eigenvalue weighted by Gasteiger charge is -2.40. The average Bonchev–Trinajstić information content (AvgIpc) is 3.05. The molecular formula is C40H54O5. The molecule has 2 aliphatic rings. The van der Waals surface area contributed by atoms with Crippen LogP contribution in [0.3, 0.4) is 0 Å². The lowest BCUT2D eigenvalue weighted by molar-refractivity contribution is 0.0367. The van der Waals surface area contributed by atoms with Crippen molar-refractivity contribution in [2.45, 2.75) is 76.4 Å². The molecule has 2 aromatic rings. The molecule has 0 radical (unpaired) electrons. The summed E-state index contributed by atoms with van der Waals surface area (Å²) in [5.41, 5.74) is 1.45. The maximum absolute atomic E-state index is 6.51. The van der Waals surface area contributed by atoms with Crippen LogP contribution in [0, 0.1) is 11.8 Å². The van der Waals surface area contributed by atoms with Gasteiger partial charge in [-0.3, -0.25) is 0 Å². The Morgan fingerprint density at radius 1 is 0.578 bits per heavy atom. The summed E-state index contributed by atoms with van der Waals surface area (Å²) < 4.78 is 31.4. The van der Waals surface area contributed by atoms with Gasteiger partial charge in [0.1, 0.15) is 11.5 Å². The number of rotatable bonds is 18. The first kappa shape index (κ1) is 34.7. The molecule has 2 aliphatic carbocycles. The maximum Gasteiger partial charge on any atom is 0.123 e. The number of benzene rings is 2. The van der Waals surface area contributed by atoms with Crippen LogP contribution in [0.1, 0.15) is 64.5 Å². The zero-order valence-electron chi connectivity index (χ0n) is 28.2. The second kappa shape index (κ2) is 17.0. The number of hydrogen-bond donors (Lipinski definition) is 0. The van der Waals surface area contributed by atoms with Gasteiger partial charge in [-0.25, -0.2) is 0 Å². The van der Waals surface area contributed by atoms with E-state index in [0.717, 1.165) is 48.3 Å². The van der Waals surface area contributed by atoms with Crippen molar-refractivity contribution in [3.05, 3.63) is 108 Å². The molecule has 0 aromatic heterocycles. The predicted molar refractivity (Wildman–Crippen MR) is 184 cm³/mol. The van der Waals surface area contributed by atoms with Gasteiger partial charge in [-0.15, -0.1) is 0 Å². The van der Waals surface area contributed by atoms with Crippen LogP contribution >= 0.6 is 0 Å². The van der Waals surface area contributed by atoms with E-state index in [1.807, 2.05) is 12.1 Å². The van der Waals surface area contributed by atoms with E-state index in [1.54, 1.807) is 14.2 Å². The molecule has 244 valence electrons. The highest BCUT2D eigenvalue weighted by molar-refractivity contribution is 5.48. The highest BCUT2D eigenvalue weighted by Gasteiger charge is 2.42. The minimum Gasteiger partial charge on any atom is -0.493 e. The second-order valence-corrected chi connectivity index (χ2v) is 13.0. The average molecular weight is 615 g/mol. The molecule has 0 heterocycles. The van der Waals surface area contributed by atoms with Crippen molar-refractivity contribution < 1.29 is 23.7 Å². The number of methoxy groups -OCH3 is 2. The van der Waals surface area contributed by atoms with E-state index in [1.165, 1.54) is 0 Å². The van der Waals surface area contributed by atoms with E-state index in [-0.39, 0.29) is 12.2 Å². The third-order valence-electron chi connectivity index (χ3n) is 9.11. The van der Waals surface area contributed by atoms with Crippen molar-refractivity contribution in [3.63, 3.8) is 0 Å². The number of para-hydroxylation sites is 2. The molecule has 0 fully saturated rings. The van der Waals surface area contributed by atoms with Crippen molar-refractivity contribution >= 4 is 0 Å². The summed E-state index contributed by atoms with van der Waals surface area (Å²) in [4.78, 5) is 0. The molecule has 4 unspecified atom stereocenters. The van der Waals surface area contributed by atoms with Gasteiger partial charge in [-0.1, -0.05) is 113 Å². The Balaban J connectivity index is 1.52. The van der Waals surface area contributed by atoms with Gasteiger partial charge in [0, 0.05) is 49.4 Å². The minimum atomic E-state index is -0.408. The van der Waals surface area contributed by atoms with Gasteiger partial charge in [0.15, 0.2) is 0 Å². The minimum absolute atomic E-state index is 0.133. The first-order valence-corrected chi connectivity index (χ1v) is 16.7. The van der Waals surface area contributed by atoms with E-state index in [4.69, 9.17) is 23.7 Å². The van der Waals surface area contributed by atoms with Crippen LogP contribution in [0.2, 0.25) is 0 Å². The number of ether oxygens (including phenoxy) is 5. The fraction of sp³-hybridized carbons (Fsp3) is 0.500. The van der Waals surface area contributed by atoms with Crippen LogP contribution in [-0.4, -0.2) is 52.9 Å². The predicted octanol–water partition coefficient (Wildman–Crippen LogP) is 8.79. The van der Waals surface area contributed by atoms with Crippen molar-refractivity contribution in [2.24, 2.45) is 11.8 Å². The quantitative estimate of drug-likeness (QED) is 0.157. The van der Waals surface area contributed by atoms with Crippen molar-refractivity contribution in [1.29, 1.82) is 0 Å². The normalized spacial score (nSPS) is 24.1. The Bertz CT molecular complexity index is 1210. The first-order chi connectivity index (χ1) is 21.9. The molecule has 2 aromatic carbocycles. The summed E-state index contributed by atoms with van der Waals surface area (Å²) >= 11 is 0. The van der Waals surface area contributed by atoms with E-state index in [2.05, 4.69) is 113 Å². The Morgan fingerprint density at radius 2 is 1.00 bits per heavy atom. The maximum atomic E-state index is 6.51. The Hall–Kier alpha value is -3.12. The SMILES string of the molecule is COC1C=CC=CC1(CCOCCC1(c2ccccc2OCCC(C)C)C=CC=CC1OC)c1ccccc1OCCC(C)C. The van der Waals surface area contributed by atoms with E-state index < -0.39 is 10.8 Å². The summed E-state index contributed by atoms with van der Waals surface area (Å²) in [6.45, 7) is 11.4. The lowest BCUT2D eigenvalue weighted by Crippen LogP contribution is -2.42. The number of hydrogen-bond acceptors (Lipinski definition) is 5. The largest absolute Gasteiger partial charge is 0.493 e. The third kappa shape index (κ3) is 8.58. The van der Waals surface area contributed by atoms with Crippen LogP contribution in [-0.2, 0) is 25.0 Å². The van der Waals surface area contributed by atoms with E-state index in [0.29, 0.717) is 38.3 Å². The molecule has 0 amide bonds. The van der Waals surface area contributed by atoms with Crippen LogP contribution in [0.5, 0.6) is 11.5 Å². The zero-order chi connectivity index (χ0) is 32.1. The van der Waals surface area contributed by atoms with Crippen molar-refractivity contribution in [1.82, 2.24) is 0 Å². The monoisotopic (exact) mass is 614 g/mol. The smallest absolute Gasteiger partial charge is 0.123 e. The van der Waals surface area contributed by atoms with Crippen LogP contribution in [0.25, 0.3) is 0 Å². The summed E-state index contributed by atoms with van der Waals surface area (Å²) in [5.74, 6) is 2.99. The van der Waals surface area contributed by atoms with Gasteiger partial charge in [0.05, 0.1) is 25.4 Å². The van der Waals surface area contributed by atoms with Crippen LogP contribution < -0.4 is 9.47 Å². The molecule has 5 heteroatoms. The molecule has 0 saturated carbocycles. The second-order valence-electron chi connectivity index (χ2n) is 13.0. The summed E-state index contributed by atoms with van der Waals surface area (Å²) in [6.07, 6.45) is 20.4. The Kier molecular flexibility index (Phi) is 13.1. The summed E-state index contributed by atoms with van der Waals surface area (Å²) in [5, 5.41) is 0. The molecule has 45 heavy (non-hydrogen) atoms. The molecular weight excluding hydrogens is 560 g/mol. The van der Waals surface area contributed by atoms with Crippen molar-refractivity contribution in [2.75, 3.05) is 40.6 Å². The first-order valence-electron chi connectivity index (χ1n) is 16.7. The van der Waals surface area contributed by atoms with Gasteiger partial charge in [-0.2, -0.15) is 0 Å². The molecule has 0 saturated heterocycles. The summed E-state index contributed by atoms with van der Waals surface area (Å²) in [7, 11) is 3.56. The van der Waals surface area contributed by atoms with E-state index in [9.17, 15) is 0 Å². The van der Waals surface area contributed by atoms with Crippen molar-refractivity contribution in [3.8, 4) is 11.5 Å². The zero-order valence-corrected chi connectivity index (χ0v) is 28.2. The lowest BCUT2D eigenvalue weighted by atomic mass is 9.70. The number of allylic oxidation sites excluding steroid dienone is 4. The van der Waals surface area contributed by atoms with Gasteiger partial charge in [0.25, 0.3) is 0 Å². The van der Waals surface area contributed by atoms with Crippen LogP contribution in [0.15, 0.2) is 97.1 Å². The Labute approximate surface area is 272 Å². The molecule has 0 aliphatic heterocycles. The Morgan fingerprint density at radius 3 is 1.40 bits per heavy atom. The molecule has 5 nitrogen and oxygen atoms in total. The van der Waals surface area contributed by atoms with Gasteiger partial charge in [-0.05, 0) is 49.7 Å². The molecule has 0 spiro atoms. The van der Waals surface area contributed by atoms with Crippen LogP contribution in [0.4, 0.5) is 0 Å². The standard InChI is InChI=1S/C40H54O5/c1-31(2)21-27-44-35-17-9-7-15-33(35)39(23-13-11-19-37(39)41-5)25-29-43-30-26-40(24-14-12-20-38(40)42-6)34-16-8-10-18-36(34)45-28-22-32(3)4/h7-20,23-24,31-32,37-38H,21-22,25-30H2,1-6H3. The highest BCUT2D eigenvalue weighted by atomic mass is 16.5. The van der Waals surface area contributed by atoms with E-state index >= 15 is 0 Å². The topological polar surface area (TPSA) is 46.2 Å². The van der Waals surface area contributed by atoms with Gasteiger partial charge >= 0.3 is 0 Å². The molecule has 0 N–H and O–H groups in total. The molecule has 4 atom stereocenters. The molecule has 0 bridgehead atoms. The molecule has 4 rings (SSSR count). The van der Waals surface area contributed by atoms with Gasteiger partial charge in [0.2, 0.25) is 0 Å². The fourth-order valence-electron chi connectivity index (χ4n) is 6.45. The highest BCUT2D eigenvalue weighted by Crippen LogP contribution is 2.44. The summed E-state index contributed by atoms with van der Waals surface area (Å²) in [6, 6.07) is 16.8. The van der Waals surface area contributed by atoms with Gasteiger partial charge < -0.3 is 23.7 Å². The third-order valence-corrected chi connectivity index (χ3v) is 9.11. The fourth-order valence-corrected chi connectivity index (χ4v) is 6.45.